The SMILES string of the molecule is CCCCOCCCNCC1CCC(=O)N1CCSc1nc(C(=O)O)cs1. The number of aromatic carboxylic acids is 1. The fourth-order valence-electron chi connectivity index (χ4n) is 2.88. The van der Waals surface area contributed by atoms with Crippen molar-refractivity contribution in [3.63, 3.8) is 0 Å². The fraction of sp³-hybridized carbons (Fsp3) is 0.722. The van der Waals surface area contributed by atoms with Crippen molar-refractivity contribution >= 4 is 35.0 Å². The smallest absolute Gasteiger partial charge is 0.355 e. The van der Waals surface area contributed by atoms with E-state index in [0.29, 0.717) is 13.0 Å². The highest BCUT2D eigenvalue weighted by atomic mass is 32.2. The lowest BCUT2D eigenvalue weighted by Gasteiger charge is -2.25. The zero-order chi connectivity index (χ0) is 19.5. The molecular formula is C18H29N3O4S2. The molecule has 1 aliphatic heterocycles. The van der Waals surface area contributed by atoms with E-state index in [9.17, 15) is 9.59 Å². The van der Waals surface area contributed by atoms with Crippen molar-refractivity contribution in [3.8, 4) is 0 Å². The number of carbonyl (C=O) groups is 2. The maximum Gasteiger partial charge on any atom is 0.355 e. The van der Waals surface area contributed by atoms with E-state index in [1.165, 1.54) is 23.1 Å². The van der Waals surface area contributed by atoms with Gasteiger partial charge in [-0.2, -0.15) is 0 Å². The lowest BCUT2D eigenvalue weighted by atomic mass is 10.2. The molecular weight excluding hydrogens is 386 g/mol. The van der Waals surface area contributed by atoms with Gasteiger partial charge in [0.15, 0.2) is 10.0 Å². The first-order chi connectivity index (χ1) is 13.1. The predicted molar refractivity (Wildman–Crippen MR) is 108 cm³/mol. The van der Waals surface area contributed by atoms with Crippen LogP contribution in [0.2, 0.25) is 0 Å². The average molecular weight is 416 g/mol. The van der Waals surface area contributed by atoms with Gasteiger partial charge in [-0.25, -0.2) is 9.78 Å². The fourth-order valence-corrected chi connectivity index (χ4v) is 4.69. The maximum atomic E-state index is 12.1. The van der Waals surface area contributed by atoms with Crippen LogP contribution in [0, 0.1) is 0 Å². The van der Waals surface area contributed by atoms with E-state index in [0.717, 1.165) is 62.1 Å². The number of thioether (sulfide) groups is 1. The minimum atomic E-state index is -1.00. The molecule has 1 aromatic heterocycles. The molecule has 2 rings (SSSR count). The van der Waals surface area contributed by atoms with Gasteiger partial charge in [0.25, 0.3) is 0 Å². The summed E-state index contributed by atoms with van der Waals surface area (Å²) in [4.78, 5) is 29.0. The molecule has 1 fully saturated rings. The van der Waals surface area contributed by atoms with Gasteiger partial charge in [-0.3, -0.25) is 4.79 Å². The van der Waals surface area contributed by atoms with Gasteiger partial charge < -0.3 is 20.1 Å². The highest BCUT2D eigenvalue weighted by molar-refractivity contribution is 8.01. The lowest BCUT2D eigenvalue weighted by molar-refractivity contribution is -0.128. The molecule has 0 spiro atoms. The van der Waals surface area contributed by atoms with Crippen LogP contribution in [0.15, 0.2) is 9.72 Å². The summed E-state index contributed by atoms with van der Waals surface area (Å²) in [5, 5.41) is 13.9. The van der Waals surface area contributed by atoms with E-state index in [1.807, 2.05) is 4.90 Å². The van der Waals surface area contributed by atoms with E-state index in [-0.39, 0.29) is 17.6 Å². The molecule has 0 saturated carbocycles. The Labute approximate surface area is 168 Å². The van der Waals surface area contributed by atoms with Crippen molar-refractivity contribution in [2.24, 2.45) is 0 Å². The van der Waals surface area contributed by atoms with Crippen molar-refractivity contribution < 1.29 is 19.4 Å². The molecule has 9 heteroatoms. The van der Waals surface area contributed by atoms with E-state index in [2.05, 4.69) is 17.2 Å². The van der Waals surface area contributed by atoms with Crippen molar-refractivity contribution in [2.75, 3.05) is 38.6 Å². The molecule has 1 atom stereocenters. The molecule has 0 bridgehead atoms. The number of aromatic nitrogens is 1. The normalized spacial score (nSPS) is 17.0. The third-order valence-electron chi connectivity index (χ3n) is 4.38. The second-order valence-corrected chi connectivity index (χ2v) is 8.66. The minimum absolute atomic E-state index is 0.0838. The van der Waals surface area contributed by atoms with Crippen LogP contribution >= 0.6 is 23.1 Å². The lowest BCUT2D eigenvalue weighted by Crippen LogP contribution is -2.41. The third-order valence-corrected chi connectivity index (χ3v) is 6.38. The number of carbonyl (C=O) groups excluding carboxylic acids is 1. The number of thiazole rings is 1. The van der Waals surface area contributed by atoms with E-state index < -0.39 is 5.97 Å². The number of nitrogens with zero attached hydrogens (tertiary/aromatic N) is 2. The summed E-state index contributed by atoms with van der Waals surface area (Å²) in [7, 11) is 0. The van der Waals surface area contributed by atoms with Gasteiger partial charge in [0.2, 0.25) is 5.91 Å². The van der Waals surface area contributed by atoms with Crippen molar-refractivity contribution in [2.45, 2.75) is 49.4 Å². The third kappa shape index (κ3) is 7.77. The number of hydrogen-bond acceptors (Lipinski definition) is 7. The van der Waals surface area contributed by atoms with Crippen LogP contribution < -0.4 is 5.32 Å². The predicted octanol–water partition coefficient (Wildman–Crippen LogP) is 2.72. The average Bonchev–Trinajstić information content (AvgIpc) is 3.25. The van der Waals surface area contributed by atoms with Crippen LogP contribution in [0.25, 0.3) is 0 Å². The van der Waals surface area contributed by atoms with Crippen molar-refractivity contribution in [1.82, 2.24) is 15.2 Å². The van der Waals surface area contributed by atoms with Crippen molar-refractivity contribution in [1.29, 1.82) is 0 Å². The number of likely N-dealkylation sites (tertiary alicyclic amines) is 1. The number of carboxylic acids is 1. The molecule has 0 radical (unpaired) electrons. The highest BCUT2D eigenvalue weighted by Gasteiger charge is 2.30. The quantitative estimate of drug-likeness (QED) is 0.356. The summed E-state index contributed by atoms with van der Waals surface area (Å²) < 4.78 is 6.28. The Morgan fingerprint density at radius 3 is 3.04 bits per heavy atom. The summed E-state index contributed by atoms with van der Waals surface area (Å²) in [5.41, 5.74) is 0.0838. The number of carboxylic acid groups (broad SMARTS) is 1. The molecule has 1 aliphatic rings. The van der Waals surface area contributed by atoms with Gasteiger partial charge in [-0.15, -0.1) is 11.3 Å². The molecule has 1 unspecified atom stereocenters. The van der Waals surface area contributed by atoms with Crippen LogP contribution in [0.3, 0.4) is 0 Å². The molecule has 1 amide bonds. The van der Waals surface area contributed by atoms with Gasteiger partial charge in [-0.05, 0) is 25.8 Å². The Balaban J connectivity index is 1.62. The first-order valence-electron chi connectivity index (χ1n) is 9.51. The summed E-state index contributed by atoms with van der Waals surface area (Å²) in [5.74, 6) is -0.0783. The number of nitrogens with one attached hydrogen (secondary N) is 1. The topological polar surface area (TPSA) is 91.8 Å². The van der Waals surface area contributed by atoms with E-state index in [4.69, 9.17) is 9.84 Å². The largest absolute Gasteiger partial charge is 0.476 e. The summed E-state index contributed by atoms with van der Waals surface area (Å²) >= 11 is 2.84. The Hall–Kier alpha value is -1.16. The summed E-state index contributed by atoms with van der Waals surface area (Å²) in [6.45, 7) is 6.15. The van der Waals surface area contributed by atoms with E-state index in [1.54, 1.807) is 5.38 Å². The summed E-state index contributed by atoms with van der Waals surface area (Å²) in [6, 6.07) is 0.241. The summed E-state index contributed by atoms with van der Waals surface area (Å²) in [6.07, 6.45) is 4.76. The van der Waals surface area contributed by atoms with Crippen LogP contribution in [0.1, 0.15) is 49.5 Å². The van der Waals surface area contributed by atoms with Crippen molar-refractivity contribution in [3.05, 3.63) is 11.1 Å². The minimum Gasteiger partial charge on any atom is -0.476 e. The molecule has 1 aromatic rings. The van der Waals surface area contributed by atoms with Crippen LogP contribution in [-0.2, 0) is 9.53 Å². The molecule has 0 aliphatic carbocycles. The molecule has 27 heavy (non-hydrogen) atoms. The number of amides is 1. The van der Waals surface area contributed by atoms with Crippen LogP contribution in [0.5, 0.6) is 0 Å². The highest BCUT2D eigenvalue weighted by Crippen LogP contribution is 2.24. The molecule has 2 N–H and O–H groups in total. The van der Waals surface area contributed by atoms with Gasteiger partial charge >= 0.3 is 5.97 Å². The standard InChI is InChI=1S/C18H29N3O4S2/c1-2-3-9-25-10-4-7-19-12-14-5-6-16(22)21(14)8-11-26-18-20-15(13-27-18)17(23)24/h13-14,19H,2-12H2,1H3,(H,23,24). The zero-order valence-electron chi connectivity index (χ0n) is 15.8. The van der Waals surface area contributed by atoms with E-state index >= 15 is 0 Å². The number of unbranched alkanes of at least 4 members (excludes halogenated alkanes) is 1. The first kappa shape index (κ1) is 22.1. The van der Waals surface area contributed by atoms with Gasteiger partial charge in [0.1, 0.15) is 0 Å². The van der Waals surface area contributed by atoms with Gasteiger partial charge in [0, 0.05) is 49.9 Å². The Morgan fingerprint density at radius 1 is 1.48 bits per heavy atom. The second kappa shape index (κ2) is 12.3. The molecule has 1 saturated heterocycles. The number of rotatable bonds is 14. The number of hydrogen-bond donors (Lipinski definition) is 2. The number of ether oxygens (including phenoxy) is 1. The molecule has 0 aromatic carbocycles. The first-order valence-corrected chi connectivity index (χ1v) is 11.4. The van der Waals surface area contributed by atoms with Gasteiger partial charge in [0.05, 0.1) is 0 Å². The maximum absolute atomic E-state index is 12.1. The Bertz CT molecular complexity index is 597. The molecule has 7 nitrogen and oxygen atoms in total. The Kier molecular flexibility index (Phi) is 10.1. The molecule has 152 valence electrons. The van der Waals surface area contributed by atoms with Crippen LogP contribution in [0.4, 0.5) is 0 Å². The monoisotopic (exact) mass is 415 g/mol. The Morgan fingerprint density at radius 2 is 2.30 bits per heavy atom. The second-order valence-electron chi connectivity index (χ2n) is 6.46. The molecule has 2 heterocycles. The van der Waals surface area contributed by atoms with Gasteiger partial charge in [-0.1, -0.05) is 25.1 Å². The zero-order valence-corrected chi connectivity index (χ0v) is 17.4. The van der Waals surface area contributed by atoms with Crippen LogP contribution in [-0.4, -0.2) is 71.5 Å².